The molecule has 1 aromatic carbocycles. The fourth-order valence-corrected chi connectivity index (χ4v) is 7.00. The molecule has 0 N–H and O–H groups in total. The first-order valence-corrected chi connectivity index (χ1v) is 13.1. The van der Waals surface area contributed by atoms with Gasteiger partial charge in [0.2, 0.25) is 10.0 Å². The van der Waals surface area contributed by atoms with Crippen molar-refractivity contribution in [2.75, 3.05) is 24.5 Å². The molecular formula is C25H30N2O5S. The summed E-state index contributed by atoms with van der Waals surface area (Å²) >= 11 is 0. The zero-order valence-corrected chi connectivity index (χ0v) is 20.3. The summed E-state index contributed by atoms with van der Waals surface area (Å²) < 4.78 is 33.5. The number of anilines is 1. The summed E-state index contributed by atoms with van der Waals surface area (Å²) in [6.07, 6.45) is 4.28. The number of nitrogens with zero attached hydrogens (tertiary/aromatic N) is 2. The van der Waals surface area contributed by atoms with Crippen LogP contribution in [0, 0.1) is 12.3 Å². The molecule has 33 heavy (non-hydrogen) atoms. The van der Waals surface area contributed by atoms with Gasteiger partial charge in [0.05, 0.1) is 10.5 Å². The second kappa shape index (κ2) is 7.81. The third-order valence-electron chi connectivity index (χ3n) is 7.09. The Kier molecular flexibility index (Phi) is 5.29. The molecule has 0 spiro atoms. The summed E-state index contributed by atoms with van der Waals surface area (Å²) in [7, 11) is -3.51. The van der Waals surface area contributed by atoms with E-state index >= 15 is 0 Å². The van der Waals surface area contributed by atoms with E-state index in [0.29, 0.717) is 61.5 Å². The fourth-order valence-electron chi connectivity index (χ4n) is 5.43. The van der Waals surface area contributed by atoms with Crippen LogP contribution in [0.5, 0.6) is 0 Å². The van der Waals surface area contributed by atoms with Crippen molar-refractivity contribution < 1.29 is 22.4 Å². The number of sulfonamides is 1. The monoisotopic (exact) mass is 470 g/mol. The molecule has 2 aromatic rings. The van der Waals surface area contributed by atoms with Gasteiger partial charge in [-0.2, -0.15) is 4.31 Å². The summed E-state index contributed by atoms with van der Waals surface area (Å²) in [4.78, 5) is 28.2. The molecule has 7 nitrogen and oxygen atoms in total. The average molecular weight is 471 g/mol. The molecule has 1 fully saturated rings. The number of benzene rings is 1. The van der Waals surface area contributed by atoms with Crippen LogP contribution in [0.15, 0.2) is 27.5 Å². The fraction of sp³-hybridized carbons (Fsp3) is 0.520. The maximum Gasteiger partial charge on any atom is 0.294 e. The summed E-state index contributed by atoms with van der Waals surface area (Å²) in [6, 6.07) is 5.06. The van der Waals surface area contributed by atoms with Crippen LogP contribution >= 0.6 is 0 Å². The third kappa shape index (κ3) is 3.73. The van der Waals surface area contributed by atoms with Crippen LogP contribution < -0.4 is 4.90 Å². The Balaban J connectivity index is 1.48. The van der Waals surface area contributed by atoms with Gasteiger partial charge in [-0.05, 0) is 61.8 Å². The molecule has 2 aliphatic heterocycles. The van der Waals surface area contributed by atoms with Gasteiger partial charge in [-0.1, -0.05) is 13.8 Å². The Morgan fingerprint density at radius 3 is 2.52 bits per heavy atom. The molecular weight excluding hydrogens is 440 g/mol. The van der Waals surface area contributed by atoms with Gasteiger partial charge in [-0.25, -0.2) is 8.42 Å². The Labute approximate surface area is 194 Å². The maximum atomic E-state index is 13.6. The van der Waals surface area contributed by atoms with Crippen LogP contribution in [-0.2, 0) is 22.9 Å². The first-order chi connectivity index (χ1) is 15.6. The highest BCUT2D eigenvalue weighted by atomic mass is 32.2. The molecule has 176 valence electrons. The maximum absolute atomic E-state index is 13.6. The largest absolute Gasteiger partial charge is 0.455 e. The lowest BCUT2D eigenvalue weighted by Gasteiger charge is -2.29. The molecule has 1 amide bonds. The van der Waals surface area contributed by atoms with Crippen molar-refractivity contribution >= 4 is 27.4 Å². The molecule has 1 aliphatic carbocycles. The minimum Gasteiger partial charge on any atom is -0.455 e. The van der Waals surface area contributed by atoms with Gasteiger partial charge in [0, 0.05) is 43.7 Å². The van der Waals surface area contributed by atoms with E-state index in [4.69, 9.17) is 4.42 Å². The lowest BCUT2D eigenvalue weighted by molar-refractivity contribution is 0.0895. The van der Waals surface area contributed by atoms with Gasteiger partial charge in [-0.15, -0.1) is 0 Å². The normalized spacial score (nSPS) is 20.6. The number of fused-ring (bicyclic) bond motifs is 2. The van der Waals surface area contributed by atoms with Gasteiger partial charge in [-0.3, -0.25) is 9.59 Å². The highest BCUT2D eigenvalue weighted by Crippen LogP contribution is 2.39. The number of ketones is 1. The van der Waals surface area contributed by atoms with Crippen molar-refractivity contribution in [3.63, 3.8) is 0 Å². The molecule has 0 atom stereocenters. The van der Waals surface area contributed by atoms with Gasteiger partial charge in [0.25, 0.3) is 5.91 Å². The first-order valence-electron chi connectivity index (χ1n) is 11.7. The zero-order chi connectivity index (χ0) is 23.5. The summed E-state index contributed by atoms with van der Waals surface area (Å²) in [5.41, 5.74) is 2.54. The molecule has 0 bridgehead atoms. The lowest BCUT2D eigenvalue weighted by Crippen LogP contribution is -2.36. The predicted molar refractivity (Wildman–Crippen MR) is 124 cm³/mol. The van der Waals surface area contributed by atoms with E-state index in [1.165, 1.54) is 4.31 Å². The number of carbonyl (C=O) groups is 2. The van der Waals surface area contributed by atoms with Crippen LogP contribution in [-0.4, -0.2) is 44.0 Å². The highest BCUT2D eigenvalue weighted by molar-refractivity contribution is 7.89. The summed E-state index contributed by atoms with van der Waals surface area (Å²) in [5, 5.41) is 0. The van der Waals surface area contributed by atoms with E-state index < -0.39 is 10.0 Å². The molecule has 0 unspecified atom stereocenters. The lowest BCUT2D eigenvalue weighted by atomic mass is 9.76. The zero-order valence-electron chi connectivity index (χ0n) is 19.4. The van der Waals surface area contributed by atoms with Gasteiger partial charge in [0.15, 0.2) is 11.5 Å². The Morgan fingerprint density at radius 2 is 1.79 bits per heavy atom. The number of hydrogen-bond donors (Lipinski definition) is 0. The van der Waals surface area contributed by atoms with E-state index in [9.17, 15) is 18.0 Å². The van der Waals surface area contributed by atoms with E-state index in [1.807, 2.05) is 13.8 Å². The number of hydrogen-bond acceptors (Lipinski definition) is 5. The molecule has 0 radical (unpaired) electrons. The molecule has 3 heterocycles. The van der Waals surface area contributed by atoms with Crippen LogP contribution in [0.2, 0.25) is 0 Å². The van der Waals surface area contributed by atoms with Crippen LogP contribution in [0.1, 0.15) is 77.3 Å². The minimum atomic E-state index is -3.51. The number of furan rings is 1. The molecule has 5 rings (SSSR count). The first kappa shape index (κ1) is 22.3. The Morgan fingerprint density at radius 1 is 1.06 bits per heavy atom. The summed E-state index contributed by atoms with van der Waals surface area (Å²) in [6.45, 7) is 7.48. The topological polar surface area (TPSA) is 87.9 Å². The quantitative estimate of drug-likeness (QED) is 0.673. The van der Waals surface area contributed by atoms with Crippen molar-refractivity contribution in [2.24, 2.45) is 5.41 Å². The van der Waals surface area contributed by atoms with Crippen molar-refractivity contribution in [3.05, 3.63) is 46.4 Å². The van der Waals surface area contributed by atoms with E-state index in [-0.39, 0.29) is 27.8 Å². The third-order valence-corrected chi connectivity index (χ3v) is 8.98. The van der Waals surface area contributed by atoms with Crippen LogP contribution in [0.3, 0.4) is 0 Å². The number of amides is 1. The standard InChI is InChI=1S/C25H30N2O5S/c1-16-22-20(28)14-25(2,3)15-21(22)32-23(16)24(29)27-12-6-7-17-13-18(8-9-19(17)27)33(30,31)26-10-4-5-11-26/h8-9,13H,4-7,10-12,14-15H2,1-3H3. The van der Waals surface area contributed by atoms with Gasteiger partial charge in [0.1, 0.15) is 5.76 Å². The number of Topliss-reactive ketones (excluding diaryl/α,β-unsaturated/α-hetero) is 1. The van der Waals surface area contributed by atoms with Gasteiger partial charge >= 0.3 is 0 Å². The van der Waals surface area contributed by atoms with Crippen molar-refractivity contribution in [1.82, 2.24) is 4.31 Å². The molecule has 0 saturated carbocycles. The van der Waals surface area contributed by atoms with Crippen molar-refractivity contribution in [2.45, 2.75) is 64.2 Å². The van der Waals surface area contributed by atoms with Gasteiger partial charge < -0.3 is 9.32 Å². The molecule has 1 aromatic heterocycles. The van der Waals surface area contributed by atoms with Crippen LogP contribution in [0.25, 0.3) is 0 Å². The van der Waals surface area contributed by atoms with Crippen LogP contribution in [0.4, 0.5) is 5.69 Å². The minimum absolute atomic E-state index is 0.0253. The smallest absolute Gasteiger partial charge is 0.294 e. The average Bonchev–Trinajstić information content (AvgIpc) is 3.40. The second-order valence-corrected chi connectivity index (χ2v) is 12.2. The van der Waals surface area contributed by atoms with E-state index in [0.717, 1.165) is 24.8 Å². The van der Waals surface area contributed by atoms with Crippen molar-refractivity contribution in [3.8, 4) is 0 Å². The van der Waals surface area contributed by atoms with E-state index in [1.54, 1.807) is 30.0 Å². The van der Waals surface area contributed by atoms with Crippen molar-refractivity contribution in [1.29, 1.82) is 0 Å². The molecule has 8 heteroatoms. The summed E-state index contributed by atoms with van der Waals surface area (Å²) in [5.74, 6) is 0.565. The molecule has 3 aliphatic rings. The Bertz CT molecular complexity index is 1250. The molecule has 1 saturated heterocycles. The highest BCUT2D eigenvalue weighted by Gasteiger charge is 2.38. The SMILES string of the molecule is Cc1c(C(=O)N2CCCc3cc(S(=O)(=O)N4CCCC4)ccc32)oc2c1C(=O)CC(C)(C)C2. The predicted octanol–water partition coefficient (Wildman–Crippen LogP) is 4.12. The number of carbonyl (C=O) groups excluding carboxylic acids is 2. The Hall–Kier alpha value is -2.45. The number of rotatable bonds is 3. The number of aryl methyl sites for hydroxylation is 1. The second-order valence-electron chi connectivity index (χ2n) is 10.3. The van der Waals surface area contributed by atoms with E-state index in [2.05, 4.69) is 0 Å².